The van der Waals surface area contributed by atoms with E-state index >= 15 is 0 Å². The summed E-state index contributed by atoms with van der Waals surface area (Å²) in [6, 6.07) is 1.48. The highest BCUT2D eigenvalue weighted by Gasteiger charge is 2.35. The Hall–Kier alpha value is -1.57. The molecule has 5 nitrogen and oxygen atoms in total. The van der Waals surface area contributed by atoms with E-state index in [0.29, 0.717) is 19.1 Å². The van der Waals surface area contributed by atoms with Crippen LogP contribution in [0.5, 0.6) is 0 Å². The molecule has 1 aromatic heterocycles. The maximum absolute atomic E-state index is 12.8. The summed E-state index contributed by atoms with van der Waals surface area (Å²) in [4.78, 5) is 8.63. The summed E-state index contributed by atoms with van der Waals surface area (Å²) in [5.74, 6) is -0.119. The van der Waals surface area contributed by atoms with Crippen molar-refractivity contribution >= 4 is 11.6 Å². The van der Waals surface area contributed by atoms with Gasteiger partial charge in [0.1, 0.15) is 11.6 Å². The van der Waals surface area contributed by atoms with Crippen molar-refractivity contribution in [1.82, 2.24) is 9.97 Å². The zero-order chi connectivity index (χ0) is 15.5. The Kier molecular flexibility index (Phi) is 4.87. The van der Waals surface area contributed by atoms with Crippen LogP contribution in [-0.2, 0) is 10.9 Å². The maximum Gasteiger partial charge on any atom is 0.451 e. The van der Waals surface area contributed by atoms with Gasteiger partial charge in [-0.3, -0.25) is 0 Å². The third-order valence-electron chi connectivity index (χ3n) is 3.23. The molecule has 0 unspecified atom stereocenters. The van der Waals surface area contributed by atoms with Gasteiger partial charge in [-0.1, -0.05) is 0 Å². The van der Waals surface area contributed by atoms with Gasteiger partial charge in [0.2, 0.25) is 5.82 Å². The summed E-state index contributed by atoms with van der Waals surface area (Å²) < 4.78 is 43.7. The predicted molar refractivity (Wildman–Crippen MR) is 73.4 cm³/mol. The topological polar surface area (TPSA) is 50.3 Å². The number of hydrogen-bond acceptors (Lipinski definition) is 5. The van der Waals surface area contributed by atoms with Gasteiger partial charge in [0.15, 0.2) is 0 Å². The SMILES string of the molecule is CNc1cc(N(C)CCOCC2CC2)nc(C(F)(F)F)n1. The molecule has 0 spiro atoms. The van der Waals surface area contributed by atoms with Gasteiger partial charge in [-0.15, -0.1) is 0 Å². The summed E-state index contributed by atoms with van der Waals surface area (Å²) in [6.07, 6.45) is -2.14. The lowest BCUT2D eigenvalue weighted by atomic mass is 10.4. The number of rotatable bonds is 7. The Balaban J connectivity index is 1.98. The van der Waals surface area contributed by atoms with Crippen LogP contribution in [0.2, 0.25) is 0 Å². The van der Waals surface area contributed by atoms with E-state index in [-0.39, 0.29) is 11.6 Å². The minimum Gasteiger partial charge on any atom is -0.379 e. The Morgan fingerprint density at radius 2 is 2.10 bits per heavy atom. The zero-order valence-corrected chi connectivity index (χ0v) is 12.1. The molecule has 118 valence electrons. The van der Waals surface area contributed by atoms with E-state index in [9.17, 15) is 13.2 Å². The first-order valence-electron chi connectivity index (χ1n) is 6.83. The lowest BCUT2D eigenvalue weighted by molar-refractivity contribution is -0.144. The van der Waals surface area contributed by atoms with E-state index in [1.54, 1.807) is 11.9 Å². The second kappa shape index (κ2) is 6.46. The molecule has 0 atom stereocenters. The smallest absolute Gasteiger partial charge is 0.379 e. The summed E-state index contributed by atoms with van der Waals surface area (Å²) in [5, 5.41) is 2.62. The fourth-order valence-electron chi connectivity index (χ4n) is 1.74. The first kappa shape index (κ1) is 15.8. The molecule has 0 aromatic carbocycles. The zero-order valence-electron chi connectivity index (χ0n) is 12.1. The van der Waals surface area contributed by atoms with E-state index in [0.717, 1.165) is 6.61 Å². The van der Waals surface area contributed by atoms with Crippen LogP contribution >= 0.6 is 0 Å². The lowest BCUT2D eigenvalue weighted by Gasteiger charge is -2.20. The van der Waals surface area contributed by atoms with Gasteiger partial charge in [0.05, 0.1) is 6.61 Å². The molecule has 2 rings (SSSR count). The highest BCUT2D eigenvalue weighted by atomic mass is 19.4. The molecule has 0 radical (unpaired) electrons. The second-order valence-corrected chi connectivity index (χ2v) is 5.12. The van der Waals surface area contributed by atoms with Crippen molar-refractivity contribution in [3.63, 3.8) is 0 Å². The Morgan fingerprint density at radius 3 is 2.67 bits per heavy atom. The van der Waals surface area contributed by atoms with Crippen LogP contribution in [0.25, 0.3) is 0 Å². The summed E-state index contributed by atoms with van der Waals surface area (Å²) in [5.41, 5.74) is 0. The van der Waals surface area contributed by atoms with E-state index < -0.39 is 12.0 Å². The average molecular weight is 304 g/mol. The highest BCUT2D eigenvalue weighted by Crippen LogP contribution is 2.29. The monoisotopic (exact) mass is 304 g/mol. The van der Waals surface area contributed by atoms with Crippen LogP contribution in [0.4, 0.5) is 24.8 Å². The lowest BCUT2D eigenvalue weighted by Crippen LogP contribution is -2.25. The molecule has 1 fully saturated rings. The standard InChI is InChI=1S/C13H19F3N4O/c1-17-10-7-11(19-12(18-10)13(14,15)16)20(2)5-6-21-8-9-3-4-9/h7,9H,3-6,8H2,1-2H3,(H,17,18,19). The van der Waals surface area contributed by atoms with Gasteiger partial charge >= 0.3 is 6.18 Å². The Labute approximate surface area is 121 Å². The fraction of sp³-hybridized carbons (Fsp3) is 0.692. The number of anilines is 2. The summed E-state index contributed by atoms with van der Waals surface area (Å²) in [6.45, 7) is 1.67. The molecule has 1 heterocycles. The number of likely N-dealkylation sites (N-methyl/N-ethyl adjacent to an activating group) is 1. The van der Waals surface area contributed by atoms with Crippen LogP contribution in [0, 0.1) is 5.92 Å². The van der Waals surface area contributed by atoms with Gasteiger partial charge < -0.3 is 15.0 Å². The Morgan fingerprint density at radius 1 is 1.38 bits per heavy atom. The van der Waals surface area contributed by atoms with Gasteiger partial charge in [0.25, 0.3) is 0 Å². The minimum atomic E-state index is -4.56. The molecule has 1 saturated carbocycles. The molecule has 21 heavy (non-hydrogen) atoms. The molecular formula is C13H19F3N4O. The maximum atomic E-state index is 12.8. The third kappa shape index (κ3) is 4.73. The molecule has 0 saturated heterocycles. The van der Waals surface area contributed by atoms with Crippen molar-refractivity contribution < 1.29 is 17.9 Å². The van der Waals surface area contributed by atoms with Crippen molar-refractivity contribution in [2.24, 2.45) is 5.92 Å². The number of nitrogens with zero attached hydrogens (tertiary/aromatic N) is 3. The van der Waals surface area contributed by atoms with Gasteiger partial charge in [-0.25, -0.2) is 9.97 Å². The van der Waals surface area contributed by atoms with Crippen LogP contribution in [0.15, 0.2) is 6.07 Å². The molecule has 0 amide bonds. The number of alkyl halides is 3. The number of ether oxygens (including phenoxy) is 1. The highest BCUT2D eigenvalue weighted by molar-refractivity contribution is 5.48. The first-order valence-corrected chi connectivity index (χ1v) is 6.83. The van der Waals surface area contributed by atoms with Crippen LogP contribution in [-0.4, -0.2) is 43.8 Å². The number of nitrogens with one attached hydrogen (secondary N) is 1. The number of halogens is 3. The van der Waals surface area contributed by atoms with Crippen molar-refractivity contribution in [2.45, 2.75) is 19.0 Å². The van der Waals surface area contributed by atoms with Crippen LogP contribution in [0.1, 0.15) is 18.7 Å². The normalized spacial score (nSPS) is 15.1. The first-order chi connectivity index (χ1) is 9.90. The molecule has 1 aromatic rings. The van der Waals surface area contributed by atoms with E-state index in [2.05, 4.69) is 15.3 Å². The molecule has 1 aliphatic rings. The molecule has 0 bridgehead atoms. The number of aromatic nitrogens is 2. The molecule has 1 N–H and O–H groups in total. The Bertz CT molecular complexity index is 477. The fourth-order valence-corrected chi connectivity index (χ4v) is 1.74. The van der Waals surface area contributed by atoms with Crippen molar-refractivity contribution in [3.05, 3.63) is 11.9 Å². The minimum absolute atomic E-state index is 0.137. The van der Waals surface area contributed by atoms with Gasteiger partial charge in [0, 0.05) is 33.3 Å². The quantitative estimate of drug-likeness (QED) is 0.784. The molecule has 8 heteroatoms. The van der Waals surface area contributed by atoms with E-state index in [1.165, 1.54) is 26.0 Å². The predicted octanol–water partition coefficient (Wildman–Crippen LogP) is 2.40. The number of hydrogen-bond donors (Lipinski definition) is 1. The molecule has 0 aliphatic heterocycles. The van der Waals surface area contributed by atoms with Crippen LogP contribution < -0.4 is 10.2 Å². The van der Waals surface area contributed by atoms with Gasteiger partial charge in [-0.2, -0.15) is 13.2 Å². The largest absolute Gasteiger partial charge is 0.451 e. The third-order valence-corrected chi connectivity index (χ3v) is 3.23. The summed E-state index contributed by atoms with van der Waals surface area (Å²) >= 11 is 0. The van der Waals surface area contributed by atoms with Crippen molar-refractivity contribution in [3.8, 4) is 0 Å². The molecule has 1 aliphatic carbocycles. The second-order valence-electron chi connectivity index (χ2n) is 5.12. The van der Waals surface area contributed by atoms with E-state index in [4.69, 9.17) is 4.74 Å². The van der Waals surface area contributed by atoms with Crippen LogP contribution in [0.3, 0.4) is 0 Å². The van der Waals surface area contributed by atoms with E-state index in [1.807, 2.05) is 0 Å². The average Bonchev–Trinajstić information content (AvgIpc) is 3.26. The van der Waals surface area contributed by atoms with Crippen molar-refractivity contribution in [1.29, 1.82) is 0 Å². The molecular weight excluding hydrogens is 285 g/mol. The summed E-state index contributed by atoms with van der Waals surface area (Å²) in [7, 11) is 3.20. The van der Waals surface area contributed by atoms with Gasteiger partial charge in [-0.05, 0) is 18.8 Å². The van der Waals surface area contributed by atoms with Crippen molar-refractivity contribution in [2.75, 3.05) is 44.1 Å².